The highest BCUT2D eigenvalue weighted by atomic mass is 16.5. The Morgan fingerprint density at radius 2 is 2.13 bits per heavy atom. The topological polar surface area (TPSA) is 121 Å². The number of aliphatic hydroxyl groups is 1. The number of rotatable bonds is 4. The van der Waals surface area contributed by atoms with E-state index in [9.17, 15) is 15.0 Å². The van der Waals surface area contributed by atoms with Gasteiger partial charge >= 0.3 is 12.1 Å². The van der Waals surface area contributed by atoms with E-state index in [1.165, 1.54) is 0 Å². The zero-order valence-corrected chi connectivity index (χ0v) is 17.1. The van der Waals surface area contributed by atoms with Gasteiger partial charge in [-0.1, -0.05) is 0 Å². The van der Waals surface area contributed by atoms with Gasteiger partial charge in [0, 0.05) is 24.6 Å². The van der Waals surface area contributed by atoms with Gasteiger partial charge in [0.15, 0.2) is 0 Å². The van der Waals surface area contributed by atoms with Crippen LogP contribution in [0.5, 0.6) is 11.9 Å². The molecule has 2 saturated heterocycles. The van der Waals surface area contributed by atoms with Crippen LogP contribution in [0.25, 0.3) is 10.9 Å². The van der Waals surface area contributed by atoms with Crippen molar-refractivity contribution in [1.82, 2.24) is 19.9 Å². The molecule has 1 aliphatic carbocycles. The number of aromatic nitrogens is 3. The van der Waals surface area contributed by atoms with E-state index in [0.717, 1.165) is 31.1 Å². The molecule has 4 aliphatic rings. The monoisotopic (exact) mass is 427 g/mol. The predicted octanol–water partition coefficient (Wildman–Crippen LogP) is 1.66. The maximum atomic E-state index is 11.9. The van der Waals surface area contributed by atoms with E-state index >= 15 is 0 Å². The molecule has 3 aliphatic heterocycles. The van der Waals surface area contributed by atoms with E-state index in [0.29, 0.717) is 43.4 Å². The normalized spacial score (nSPS) is 27.8. The van der Waals surface area contributed by atoms with Crippen LogP contribution in [0.4, 0.5) is 10.6 Å². The van der Waals surface area contributed by atoms with Crippen molar-refractivity contribution < 1.29 is 24.5 Å². The summed E-state index contributed by atoms with van der Waals surface area (Å²) in [6, 6.07) is 1.92. The number of hydrogen-bond acceptors (Lipinski definition) is 8. The number of anilines is 1. The lowest BCUT2D eigenvalue weighted by Crippen LogP contribution is -2.62. The van der Waals surface area contributed by atoms with E-state index in [4.69, 9.17) is 14.5 Å². The second-order valence-electron chi connectivity index (χ2n) is 9.13. The van der Waals surface area contributed by atoms with Crippen molar-refractivity contribution in [3.8, 4) is 11.9 Å². The van der Waals surface area contributed by atoms with Gasteiger partial charge in [-0.15, -0.1) is 0 Å². The minimum Gasteiger partial charge on any atom is -0.477 e. The number of piperazine rings is 1. The number of fused-ring (bicyclic) bond motifs is 5. The summed E-state index contributed by atoms with van der Waals surface area (Å²) < 4.78 is 11.9. The Hall–Kier alpha value is -2.88. The van der Waals surface area contributed by atoms with Gasteiger partial charge in [0.2, 0.25) is 5.88 Å². The zero-order chi connectivity index (χ0) is 21.2. The lowest BCUT2D eigenvalue weighted by Gasteiger charge is -2.47. The third-order valence-electron chi connectivity index (χ3n) is 7.28. The van der Waals surface area contributed by atoms with Crippen molar-refractivity contribution in [3.63, 3.8) is 0 Å². The molecule has 5 heterocycles. The van der Waals surface area contributed by atoms with Gasteiger partial charge in [0.05, 0.1) is 43.5 Å². The SMILES string of the molecule is O=C(O)N1C2CCC1C1CCOc3nccc4nc(OCC5(CO)CC5)nc(c34)N1C2. The second kappa shape index (κ2) is 6.81. The summed E-state index contributed by atoms with van der Waals surface area (Å²) in [6.07, 6.45) is 5.07. The fourth-order valence-corrected chi connectivity index (χ4v) is 5.34. The second-order valence-corrected chi connectivity index (χ2v) is 9.13. The summed E-state index contributed by atoms with van der Waals surface area (Å²) >= 11 is 0. The van der Waals surface area contributed by atoms with Crippen LogP contribution in [0.15, 0.2) is 12.3 Å². The van der Waals surface area contributed by atoms with E-state index in [2.05, 4.69) is 14.9 Å². The number of hydrogen-bond donors (Lipinski definition) is 2. The molecule has 0 radical (unpaired) electrons. The lowest BCUT2D eigenvalue weighted by molar-refractivity contribution is 0.0954. The Bertz CT molecular complexity index is 1040. The molecule has 6 rings (SSSR count). The van der Waals surface area contributed by atoms with Crippen LogP contribution >= 0.6 is 0 Å². The fourth-order valence-electron chi connectivity index (χ4n) is 5.34. The number of nitrogens with zero attached hydrogens (tertiary/aromatic N) is 5. The minimum atomic E-state index is -0.854. The molecule has 2 bridgehead atoms. The molecule has 3 fully saturated rings. The number of carboxylic acid groups (broad SMARTS) is 1. The van der Waals surface area contributed by atoms with Gasteiger partial charge in [-0.2, -0.15) is 9.97 Å². The molecule has 2 aromatic rings. The van der Waals surface area contributed by atoms with Gasteiger partial charge < -0.3 is 24.6 Å². The lowest BCUT2D eigenvalue weighted by atomic mass is 9.99. The number of carbonyl (C=O) groups is 1. The first-order valence-electron chi connectivity index (χ1n) is 10.9. The van der Waals surface area contributed by atoms with Crippen molar-refractivity contribution in [2.75, 3.05) is 31.3 Å². The molecule has 31 heavy (non-hydrogen) atoms. The van der Waals surface area contributed by atoms with Gasteiger partial charge in [0.25, 0.3) is 0 Å². The van der Waals surface area contributed by atoms with E-state index in [1.54, 1.807) is 11.1 Å². The van der Waals surface area contributed by atoms with Crippen molar-refractivity contribution in [1.29, 1.82) is 0 Å². The van der Waals surface area contributed by atoms with Crippen LogP contribution in [-0.4, -0.2) is 80.6 Å². The molecule has 10 nitrogen and oxygen atoms in total. The maximum Gasteiger partial charge on any atom is 0.407 e. The van der Waals surface area contributed by atoms with Crippen molar-refractivity contribution >= 4 is 22.8 Å². The molecule has 1 saturated carbocycles. The minimum absolute atomic E-state index is 0.0265. The summed E-state index contributed by atoms with van der Waals surface area (Å²) in [5.74, 6) is 1.20. The molecule has 164 valence electrons. The Balaban J connectivity index is 1.43. The molecular formula is C21H25N5O5. The third-order valence-corrected chi connectivity index (χ3v) is 7.28. The molecule has 2 N–H and O–H groups in total. The average Bonchev–Trinajstić information content (AvgIpc) is 3.47. The fraction of sp³-hybridized carbons (Fsp3) is 0.619. The van der Waals surface area contributed by atoms with Crippen LogP contribution in [0, 0.1) is 5.41 Å². The Labute approximate surface area is 178 Å². The molecule has 0 aromatic carbocycles. The zero-order valence-electron chi connectivity index (χ0n) is 17.1. The maximum absolute atomic E-state index is 11.9. The highest BCUT2D eigenvalue weighted by Crippen LogP contribution is 2.46. The predicted molar refractivity (Wildman–Crippen MR) is 110 cm³/mol. The molecule has 0 spiro atoms. The van der Waals surface area contributed by atoms with E-state index in [1.807, 2.05) is 6.07 Å². The van der Waals surface area contributed by atoms with Crippen LogP contribution in [0.3, 0.4) is 0 Å². The molecule has 3 unspecified atom stereocenters. The summed E-state index contributed by atoms with van der Waals surface area (Å²) in [4.78, 5) is 29.5. The summed E-state index contributed by atoms with van der Waals surface area (Å²) in [5, 5.41) is 20.1. The van der Waals surface area contributed by atoms with Crippen LogP contribution in [-0.2, 0) is 0 Å². The van der Waals surface area contributed by atoms with Crippen LogP contribution in [0.2, 0.25) is 0 Å². The first kappa shape index (κ1) is 18.9. The van der Waals surface area contributed by atoms with E-state index in [-0.39, 0.29) is 36.2 Å². The first-order valence-corrected chi connectivity index (χ1v) is 10.9. The number of pyridine rings is 1. The quantitative estimate of drug-likeness (QED) is 0.750. The van der Waals surface area contributed by atoms with Crippen molar-refractivity contribution in [2.24, 2.45) is 5.41 Å². The number of amides is 1. The average molecular weight is 427 g/mol. The Morgan fingerprint density at radius 3 is 2.90 bits per heavy atom. The molecule has 10 heteroatoms. The largest absolute Gasteiger partial charge is 0.477 e. The van der Waals surface area contributed by atoms with Gasteiger partial charge in [0.1, 0.15) is 11.2 Å². The standard InChI is InChI=1S/C21H25N5O5/c27-10-21(5-6-21)11-31-19-23-13-3-7-22-18-16(13)17(24-19)25-9-12-1-2-15(26(12)20(28)29)14(25)4-8-30-18/h3,7,12,14-15,27H,1-2,4-6,8-11H2,(H,28,29). The summed E-state index contributed by atoms with van der Waals surface area (Å²) in [5.41, 5.74) is 0.512. The summed E-state index contributed by atoms with van der Waals surface area (Å²) in [7, 11) is 0. The number of ether oxygens (including phenoxy) is 2. The Morgan fingerprint density at radius 1 is 1.26 bits per heavy atom. The van der Waals surface area contributed by atoms with Gasteiger partial charge in [-0.05, 0) is 31.7 Å². The first-order chi connectivity index (χ1) is 15.1. The van der Waals surface area contributed by atoms with Crippen molar-refractivity contribution in [2.45, 2.75) is 50.2 Å². The molecule has 3 atom stereocenters. The smallest absolute Gasteiger partial charge is 0.407 e. The molecule has 2 aromatic heterocycles. The highest BCUT2D eigenvalue weighted by molar-refractivity contribution is 5.94. The van der Waals surface area contributed by atoms with Gasteiger partial charge in [-0.25, -0.2) is 9.78 Å². The highest BCUT2D eigenvalue weighted by Gasteiger charge is 2.50. The van der Waals surface area contributed by atoms with Crippen molar-refractivity contribution in [3.05, 3.63) is 12.3 Å². The van der Waals surface area contributed by atoms with E-state index < -0.39 is 6.09 Å². The molecular weight excluding hydrogens is 402 g/mol. The number of aliphatic hydroxyl groups excluding tert-OH is 1. The van der Waals surface area contributed by atoms with Gasteiger partial charge in [-0.3, -0.25) is 4.90 Å². The van der Waals surface area contributed by atoms with Crippen LogP contribution < -0.4 is 14.4 Å². The Kier molecular flexibility index (Phi) is 4.14. The third kappa shape index (κ3) is 2.95. The summed E-state index contributed by atoms with van der Waals surface area (Å²) in [6.45, 7) is 1.51. The van der Waals surface area contributed by atoms with Crippen LogP contribution in [0.1, 0.15) is 32.1 Å². The molecule has 1 amide bonds.